The van der Waals surface area contributed by atoms with Crippen molar-refractivity contribution in [3.05, 3.63) is 0 Å². The fraction of sp³-hybridized carbons (Fsp3) is 1.00. The largest absolute Gasteiger partial charge is 0.314 e. The minimum Gasteiger partial charge on any atom is -0.314 e. The molecule has 0 bridgehead atoms. The fourth-order valence-corrected chi connectivity index (χ4v) is 2.06. The van der Waals surface area contributed by atoms with Crippen molar-refractivity contribution in [3.63, 3.8) is 0 Å². The van der Waals surface area contributed by atoms with Gasteiger partial charge in [0.15, 0.2) is 0 Å². The molecule has 1 rings (SSSR count). The van der Waals surface area contributed by atoms with Gasteiger partial charge in [0, 0.05) is 18.6 Å². The average molecular weight is 212 g/mol. The molecular formula is C13H28N2. The zero-order chi connectivity index (χ0) is 11.3. The highest BCUT2D eigenvalue weighted by Crippen LogP contribution is 2.27. The standard InChI is InChI=1S/C13H28N2/c1-11(2)14-9-8-12(3)15(4)10-13-6-5-7-13/h11-14H,5-10H2,1-4H3. The molecule has 0 saturated heterocycles. The summed E-state index contributed by atoms with van der Waals surface area (Å²) in [5.41, 5.74) is 0. The smallest absolute Gasteiger partial charge is 0.00760 e. The number of hydrogen-bond donors (Lipinski definition) is 1. The van der Waals surface area contributed by atoms with Gasteiger partial charge in [-0.25, -0.2) is 0 Å². The van der Waals surface area contributed by atoms with Crippen LogP contribution in [0.4, 0.5) is 0 Å². The lowest BCUT2D eigenvalue weighted by Gasteiger charge is -2.33. The van der Waals surface area contributed by atoms with Crippen LogP contribution >= 0.6 is 0 Å². The molecule has 2 heteroatoms. The molecule has 1 fully saturated rings. The van der Waals surface area contributed by atoms with Gasteiger partial charge >= 0.3 is 0 Å². The maximum Gasteiger partial charge on any atom is 0.00760 e. The lowest BCUT2D eigenvalue weighted by Crippen LogP contribution is -2.38. The zero-order valence-corrected chi connectivity index (χ0v) is 10.9. The third kappa shape index (κ3) is 4.98. The Morgan fingerprint density at radius 1 is 1.27 bits per heavy atom. The minimum absolute atomic E-state index is 0.620. The monoisotopic (exact) mass is 212 g/mol. The molecule has 1 aliphatic rings. The molecule has 1 N–H and O–H groups in total. The summed E-state index contributed by atoms with van der Waals surface area (Å²) in [6.07, 6.45) is 5.64. The Morgan fingerprint density at radius 3 is 2.40 bits per heavy atom. The Balaban J connectivity index is 2.06. The summed E-state index contributed by atoms with van der Waals surface area (Å²) in [5.74, 6) is 0.996. The van der Waals surface area contributed by atoms with Gasteiger partial charge in [-0.3, -0.25) is 0 Å². The van der Waals surface area contributed by atoms with Gasteiger partial charge < -0.3 is 10.2 Å². The highest BCUT2D eigenvalue weighted by molar-refractivity contribution is 4.75. The summed E-state index contributed by atoms with van der Waals surface area (Å²) in [6, 6.07) is 1.34. The summed E-state index contributed by atoms with van der Waals surface area (Å²) in [7, 11) is 2.28. The number of nitrogens with one attached hydrogen (secondary N) is 1. The van der Waals surface area contributed by atoms with Crippen LogP contribution in [0.1, 0.15) is 46.5 Å². The van der Waals surface area contributed by atoms with Gasteiger partial charge in [0.25, 0.3) is 0 Å². The molecule has 1 atom stereocenters. The van der Waals surface area contributed by atoms with Crippen molar-refractivity contribution in [1.82, 2.24) is 10.2 Å². The molecule has 0 aromatic rings. The molecule has 90 valence electrons. The first-order valence-corrected chi connectivity index (χ1v) is 6.53. The maximum absolute atomic E-state index is 3.49. The summed E-state index contributed by atoms with van der Waals surface area (Å²) in [4.78, 5) is 2.53. The van der Waals surface area contributed by atoms with Crippen LogP contribution < -0.4 is 5.32 Å². The van der Waals surface area contributed by atoms with Crippen molar-refractivity contribution in [2.45, 2.75) is 58.5 Å². The normalized spacial score (nSPS) is 19.6. The van der Waals surface area contributed by atoms with Gasteiger partial charge in [-0.2, -0.15) is 0 Å². The Morgan fingerprint density at radius 2 is 1.93 bits per heavy atom. The van der Waals surface area contributed by atoms with Gasteiger partial charge in [0.1, 0.15) is 0 Å². The predicted octanol–water partition coefficient (Wildman–Crippen LogP) is 2.49. The Hall–Kier alpha value is -0.0800. The molecule has 0 aliphatic heterocycles. The van der Waals surface area contributed by atoms with Crippen LogP contribution in [0.25, 0.3) is 0 Å². The van der Waals surface area contributed by atoms with Crippen LogP contribution in [-0.2, 0) is 0 Å². The van der Waals surface area contributed by atoms with E-state index in [1.807, 2.05) is 0 Å². The van der Waals surface area contributed by atoms with Crippen LogP contribution in [0.5, 0.6) is 0 Å². The Bertz CT molecular complexity index is 164. The second-order valence-electron chi connectivity index (χ2n) is 5.48. The van der Waals surface area contributed by atoms with E-state index in [1.54, 1.807) is 0 Å². The third-order valence-electron chi connectivity index (χ3n) is 3.64. The molecule has 0 spiro atoms. The summed E-state index contributed by atoms with van der Waals surface area (Å²) >= 11 is 0. The number of hydrogen-bond acceptors (Lipinski definition) is 2. The first-order chi connectivity index (χ1) is 7.09. The topological polar surface area (TPSA) is 15.3 Å². The van der Waals surface area contributed by atoms with E-state index in [1.165, 1.54) is 32.2 Å². The van der Waals surface area contributed by atoms with Gasteiger partial charge in [-0.1, -0.05) is 20.3 Å². The second-order valence-corrected chi connectivity index (χ2v) is 5.48. The molecule has 0 radical (unpaired) electrons. The van der Waals surface area contributed by atoms with Crippen molar-refractivity contribution < 1.29 is 0 Å². The highest BCUT2D eigenvalue weighted by Gasteiger charge is 2.20. The van der Waals surface area contributed by atoms with Crippen molar-refractivity contribution in [3.8, 4) is 0 Å². The van der Waals surface area contributed by atoms with Crippen LogP contribution in [0.3, 0.4) is 0 Å². The van der Waals surface area contributed by atoms with Crippen molar-refractivity contribution >= 4 is 0 Å². The van der Waals surface area contributed by atoms with E-state index in [0.29, 0.717) is 6.04 Å². The summed E-state index contributed by atoms with van der Waals surface area (Å²) in [6.45, 7) is 9.23. The molecule has 15 heavy (non-hydrogen) atoms. The third-order valence-corrected chi connectivity index (χ3v) is 3.64. The molecule has 0 aromatic carbocycles. The van der Waals surface area contributed by atoms with Crippen LogP contribution in [-0.4, -0.2) is 37.1 Å². The molecule has 0 amide bonds. The van der Waals surface area contributed by atoms with E-state index in [9.17, 15) is 0 Å². The van der Waals surface area contributed by atoms with Crippen molar-refractivity contribution in [2.24, 2.45) is 5.92 Å². The predicted molar refractivity (Wildman–Crippen MR) is 67.2 cm³/mol. The lowest BCUT2D eigenvalue weighted by atomic mass is 9.85. The molecule has 0 aromatic heterocycles. The SMILES string of the molecule is CC(C)NCCC(C)N(C)CC1CCC1. The molecule has 1 saturated carbocycles. The van der Waals surface area contributed by atoms with Gasteiger partial charge in [0.05, 0.1) is 0 Å². The zero-order valence-electron chi connectivity index (χ0n) is 10.9. The van der Waals surface area contributed by atoms with Crippen molar-refractivity contribution in [1.29, 1.82) is 0 Å². The van der Waals surface area contributed by atoms with Crippen LogP contribution in [0.2, 0.25) is 0 Å². The average Bonchev–Trinajstić information content (AvgIpc) is 2.10. The van der Waals surface area contributed by atoms with E-state index in [-0.39, 0.29) is 0 Å². The first-order valence-electron chi connectivity index (χ1n) is 6.53. The number of rotatable bonds is 7. The van der Waals surface area contributed by atoms with E-state index in [2.05, 4.69) is 38.0 Å². The van der Waals surface area contributed by atoms with Crippen LogP contribution in [0.15, 0.2) is 0 Å². The van der Waals surface area contributed by atoms with E-state index >= 15 is 0 Å². The molecule has 1 unspecified atom stereocenters. The minimum atomic E-state index is 0.620. The van der Waals surface area contributed by atoms with E-state index < -0.39 is 0 Å². The molecule has 2 nitrogen and oxygen atoms in total. The van der Waals surface area contributed by atoms with Crippen molar-refractivity contribution in [2.75, 3.05) is 20.1 Å². The van der Waals surface area contributed by atoms with Gasteiger partial charge in [0.2, 0.25) is 0 Å². The fourth-order valence-electron chi connectivity index (χ4n) is 2.06. The maximum atomic E-state index is 3.49. The number of nitrogens with zero attached hydrogens (tertiary/aromatic N) is 1. The van der Waals surface area contributed by atoms with E-state index in [4.69, 9.17) is 0 Å². The lowest BCUT2D eigenvalue weighted by molar-refractivity contribution is 0.163. The Labute approximate surface area is 95.4 Å². The molecule has 0 heterocycles. The molecular weight excluding hydrogens is 184 g/mol. The van der Waals surface area contributed by atoms with Crippen LogP contribution in [0, 0.1) is 5.92 Å². The second kappa shape index (κ2) is 6.49. The van der Waals surface area contributed by atoms with Gasteiger partial charge in [-0.05, 0) is 45.7 Å². The highest BCUT2D eigenvalue weighted by atomic mass is 15.1. The van der Waals surface area contributed by atoms with Gasteiger partial charge in [-0.15, -0.1) is 0 Å². The molecule has 1 aliphatic carbocycles. The summed E-state index contributed by atoms with van der Waals surface area (Å²) in [5, 5.41) is 3.49. The van der Waals surface area contributed by atoms with E-state index in [0.717, 1.165) is 18.5 Å². The Kier molecular flexibility index (Phi) is 5.62. The first kappa shape index (κ1) is 13.0. The quantitative estimate of drug-likeness (QED) is 0.697. The summed E-state index contributed by atoms with van der Waals surface area (Å²) < 4.78 is 0.